The van der Waals surface area contributed by atoms with Crippen LogP contribution in [0.25, 0.3) is 16.2 Å². The first-order valence-electron chi connectivity index (χ1n) is 10.5. The molecule has 0 saturated carbocycles. The summed E-state index contributed by atoms with van der Waals surface area (Å²) in [4.78, 5) is 28.0. The molecule has 0 spiro atoms. The van der Waals surface area contributed by atoms with Crippen molar-refractivity contribution < 1.29 is 19.1 Å². The number of halogens is 2. The lowest BCUT2D eigenvalue weighted by Gasteiger charge is -2.18. The molecule has 2 fully saturated rings. The van der Waals surface area contributed by atoms with E-state index in [9.17, 15) is 9.59 Å². The molecule has 0 radical (unpaired) electrons. The maximum atomic E-state index is 12.8. The molecule has 3 aromatic rings. The van der Waals surface area contributed by atoms with E-state index >= 15 is 0 Å². The minimum atomic E-state index is -0.551. The second-order valence-electron chi connectivity index (χ2n) is 7.74. The van der Waals surface area contributed by atoms with E-state index in [1.165, 1.54) is 23.1 Å². The van der Waals surface area contributed by atoms with Gasteiger partial charge in [-0.1, -0.05) is 65.4 Å². The fraction of sp³-hybridized carbons (Fsp3) is 0.208. The van der Waals surface area contributed by atoms with E-state index in [2.05, 4.69) is 0 Å². The Balaban J connectivity index is 1.28. The Morgan fingerprint density at radius 2 is 2.03 bits per heavy atom. The Hall–Kier alpha value is -1.94. The van der Waals surface area contributed by atoms with Crippen molar-refractivity contribution in [3.05, 3.63) is 67.9 Å². The van der Waals surface area contributed by atoms with E-state index in [1.807, 2.05) is 12.1 Å². The number of esters is 1. The molecule has 2 aliphatic heterocycles. The number of ether oxygens (including phenoxy) is 2. The summed E-state index contributed by atoms with van der Waals surface area (Å²) in [6.45, 7) is 1.22. The van der Waals surface area contributed by atoms with Crippen molar-refractivity contribution in [2.45, 2.75) is 18.9 Å². The summed E-state index contributed by atoms with van der Waals surface area (Å²) < 4.78 is 12.5. The normalized spacial score (nSPS) is 19.5. The number of amides is 1. The molecule has 0 unspecified atom stereocenters. The number of fused-ring (bicyclic) bond motifs is 1. The molecule has 174 valence electrons. The van der Waals surface area contributed by atoms with E-state index in [0.717, 1.165) is 29.7 Å². The number of thioether (sulfide) groups is 1. The average Bonchev–Trinajstić information content (AvgIpc) is 3.51. The highest BCUT2D eigenvalue weighted by Gasteiger charge is 2.34. The number of nitrogens with zero attached hydrogens (tertiary/aromatic N) is 1. The van der Waals surface area contributed by atoms with Crippen molar-refractivity contribution in [1.29, 1.82) is 0 Å². The van der Waals surface area contributed by atoms with E-state index in [4.69, 9.17) is 44.9 Å². The number of thiocarbonyl (C=S) groups is 1. The summed E-state index contributed by atoms with van der Waals surface area (Å²) in [5.74, 6) is -0.295. The fourth-order valence-corrected chi connectivity index (χ4v) is 6.89. The molecule has 1 atom stereocenters. The summed E-state index contributed by atoms with van der Waals surface area (Å²) in [7, 11) is 0. The largest absolute Gasteiger partial charge is 0.422 e. The Morgan fingerprint density at radius 1 is 1.24 bits per heavy atom. The molecule has 2 aromatic carbocycles. The molecule has 1 amide bonds. The van der Waals surface area contributed by atoms with Crippen LogP contribution in [0.5, 0.6) is 5.75 Å². The highest BCUT2D eigenvalue weighted by molar-refractivity contribution is 8.26. The minimum Gasteiger partial charge on any atom is -0.422 e. The van der Waals surface area contributed by atoms with Crippen LogP contribution in [-0.2, 0) is 9.53 Å². The summed E-state index contributed by atoms with van der Waals surface area (Å²) in [6.07, 6.45) is 3.78. The van der Waals surface area contributed by atoms with Gasteiger partial charge in [0, 0.05) is 16.7 Å². The quantitative estimate of drug-likeness (QED) is 0.151. The Morgan fingerprint density at radius 3 is 2.74 bits per heavy atom. The zero-order valence-corrected chi connectivity index (χ0v) is 21.5. The second-order valence-corrected chi connectivity index (χ2v) is 11.3. The second kappa shape index (κ2) is 9.97. The molecule has 5 rings (SSSR count). The molecular weight excluding hydrogens is 533 g/mol. The van der Waals surface area contributed by atoms with E-state index in [1.54, 1.807) is 41.3 Å². The van der Waals surface area contributed by atoms with Crippen LogP contribution >= 0.6 is 58.5 Å². The first kappa shape index (κ1) is 23.8. The topological polar surface area (TPSA) is 55.8 Å². The van der Waals surface area contributed by atoms with Gasteiger partial charge in [-0.15, -0.1) is 11.3 Å². The van der Waals surface area contributed by atoms with Crippen LogP contribution < -0.4 is 4.74 Å². The maximum absolute atomic E-state index is 12.8. The Kier molecular flexibility index (Phi) is 6.97. The van der Waals surface area contributed by atoms with E-state index < -0.39 is 5.97 Å². The average molecular weight is 551 g/mol. The Labute approximate surface area is 219 Å². The lowest BCUT2D eigenvalue weighted by molar-refractivity contribution is -0.123. The van der Waals surface area contributed by atoms with Crippen LogP contribution in [-0.4, -0.2) is 40.4 Å². The van der Waals surface area contributed by atoms with Crippen molar-refractivity contribution in [3.63, 3.8) is 0 Å². The standard InChI is InChI=1S/C24H17Cl2NO4S3/c25-16-4-1-5-17-19(16)20(26)21(33-17)23(29)31-14-8-6-13(7-9-14)11-18-22(28)27(24(32)34-18)12-15-3-2-10-30-15/h1,4-9,11,15H,2-3,10,12H2/b18-11-/t15-/m0/s1. The first-order valence-corrected chi connectivity index (χ1v) is 13.3. The van der Waals surface area contributed by atoms with E-state index in [0.29, 0.717) is 36.8 Å². The molecule has 3 heterocycles. The van der Waals surface area contributed by atoms with Gasteiger partial charge in [0.2, 0.25) is 0 Å². The van der Waals surface area contributed by atoms with Crippen molar-refractivity contribution in [1.82, 2.24) is 4.90 Å². The van der Waals surface area contributed by atoms with Gasteiger partial charge in [-0.25, -0.2) is 4.79 Å². The van der Waals surface area contributed by atoms with Crippen molar-refractivity contribution >= 4 is 90.9 Å². The SMILES string of the molecule is O=C(Oc1ccc(/C=C2\SC(=S)N(C[C@@H]3CCCO3)C2=O)cc1)c1sc2cccc(Cl)c2c1Cl. The number of carbonyl (C=O) groups is 2. The molecule has 0 bridgehead atoms. The van der Waals surface area contributed by atoms with Crippen LogP contribution in [0.1, 0.15) is 28.1 Å². The van der Waals surface area contributed by atoms with Crippen LogP contribution in [0, 0.1) is 0 Å². The van der Waals surface area contributed by atoms with Crippen LogP contribution in [0.15, 0.2) is 47.4 Å². The van der Waals surface area contributed by atoms with Gasteiger partial charge in [0.25, 0.3) is 5.91 Å². The molecule has 5 nitrogen and oxygen atoms in total. The van der Waals surface area contributed by atoms with Gasteiger partial charge in [0.05, 0.1) is 27.6 Å². The molecule has 10 heteroatoms. The number of carbonyl (C=O) groups excluding carboxylic acids is 2. The lowest BCUT2D eigenvalue weighted by Crippen LogP contribution is -2.35. The molecule has 0 aliphatic carbocycles. The number of hydrogen-bond acceptors (Lipinski definition) is 7. The third kappa shape index (κ3) is 4.76. The third-order valence-electron chi connectivity index (χ3n) is 5.46. The van der Waals surface area contributed by atoms with Gasteiger partial charge < -0.3 is 9.47 Å². The van der Waals surface area contributed by atoms with Gasteiger partial charge >= 0.3 is 5.97 Å². The smallest absolute Gasteiger partial charge is 0.355 e. The zero-order valence-electron chi connectivity index (χ0n) is 17.6. The van der Waals surface area contributed by atoms with Crippen molar-refractivity contribution in [3.8, 4) is 5.75 Å². The molecule has 1 aromatic heterocycles. The van der Waals surface area contributed by atoms with E-state index in [-0.39, 0.29) is 17.0 Å². The van der Waals surface area contributed by atoms with Crippen molar-refractivity contribution in [2.75, 3.05) is 13.2 Å². The van der Waals surface area contributed by atoms with Crippen LogP contribution in [0.2, 0.25) is 10.0 Å². The number of hydrogen-bond donors (Lipinski definition) is 0. The summed E-state index contributed by atoms with van der Waals surface area (Å²) in [6, 6.07) is 12.3. The first-order chi connectivity index (χ1) is 16.4. The molecule has 0 N–H and O–H groups in total. The van der Waals surface area contributed by atoms with Crippen LogP contribution in [0.4, 0.5) is 0 Å². The van der Waals surface area contributed by atoms with Crippen LogP contribution in [0.3, 0.4) is 0 Å². The summed E-state index contributed by atoms with van der Waals surface area (Å²) >= 11 is 20.5. The van der Waals surface area contributed by atoms with Crippen molar-refractivity contribution in [2.24, 2.45) is 0 Å². The fourth-order valence-electron chi connectivity index (χ4n) is 3.79. The maximum Gasteiger partial charge on any atom is 0.355 e. The molecular formula is C24H17Cl2NO4S3. The highest BCUT2D eigenvalue weighted by Crippen LogP contribution is 2.40. The monoisotopic (exact) mass is 549 g/mol. The zero-order chi connectivity index (χ0) is 23.8. The van der Waals surface area contributed by atoms with Gasteiger partial charge in [-0.2, -0.15) is 0 Å². The summed E-state index contributed by atoms with van der Waals surface area (Å²) in [5, 5.41) is 1.43. The number of rotatable bonds is 5. The van der Waals surface area contributed by atoms with Gasteiger partial charge in [0.1, 0.15) is 14.9 Å². The molecule has 2 saturated heterocycles. The molecule has 2 aliphatic rings. The highest BCUT2D eigenvalue weighted by atomic mass is 35.5. The number of thiophene rings is 1. The predicted molar refractivity (Wildman–Crippen MR) is 142 cm³/mol. The predicted octanol–water partition coefficient (Wildman–Crippen LogP) is 6.81. The third-order valence-corrected chi connectivity index (χ3v) is 8.78. The summed E-state index contributed by atoms with van der Waals surface area (Å²) in [5.41, 5.74) is 0.795. The number of benzene rings is 2. The molecule has 34 heavy (non-hydrogen) atoms. The Bertz CT molecular complexity index is 1330. The lowest BCUT2D eigenvalue weighted by atomic mass is 10.2. The van der Waals surface area contributed by atoms with Gasteiger partial charge in [-0.3, -0.25) is 9.69 Å². The van der Waals surface area contributed by atoms with Gasteiger partial charge in [0.15, 0.2) is 0 Å². The van der Waals surface area contributed by atoms with Gasteiger partial charge in [-0.05, 0) is 48.7 Å². The minimum absolute atomic E-state index is 0.0429.